The summed E-state index contributed by atoms with van der Waals surface area (Å²) in [5.41, 5.74) is -1.81. The highest BCUT2D eigenvalue weighted by Gasteiger charge is 2.64. The van der Waals surface area contributed by atoms with Gasteiger partial charge in [-0.2, -0.15) is 35.1 Å². The molecule has 2 nitrogen and oxygen atoms in total. The van der Waals surface area contributed by atoms with Gasteiger partial charge in [-0.25, -0.2) is 4.39 Å². The highest BCUT2D eigenvalue weighted by molar-refractivity contribution is 5.58. The van der Waals surface area contributed by atoms with Gasteiger partial charge in [0.25, 0.3) is 0 Å². The predicted octanol–water partition coefficient (Wildman–Crippen LogP) is 6.62. The quantitative estimate of drug-likeness (QED) is 0.448. The van der Waals surface area contributed by atoms with Gasteiger partial charge in [0.2, 0.25) is 6.17 Å². The summed E-state index contributed by atoms with van der Waals surface area (Å²) in [7, 11) is 0. The lowest BCUT2D eigenvalue weighted by molar-refractivity contribution is -0.305. The van der Waals surface area contributed by atoms with Gasteiger partial charge in [-0.15, -0.1) is 0 Å². The molecule has 0 aliphatic carbocycles. The van der Waals surface area contributed by atoms with Crippen LogP contribution in [0.3, 0.4) is 0 Å². The minimum absolute atomic E-state index is 0.551. The third-order valence-electron chi connectivity index (χ3n) is 3.27. The third kappa shape index (κ3) is 4.77. The second-order valence-corrected chi connectivity index (χ2v) is 5.24. The average molecular weight is 403 g/mol. The fraction of sp³-hybridized carbons (Fsp3) is 0.250. The van der Waals surface area contributed by atoms with Crippen molar-refractivity contribution in [1.29, 1.82) is 0 Å². The molecule has 0 aromatic heterocycles. The van der Waals surface area contributed by atoms with Crippen molar-refractivity contribution in [2.75, 3.05) is 5.32 Å². The summed E-state index contributed by atoms with van der Waals surface area (Å²) < 4.78 is 120. The van der Waals surface area contributed by atoms with Gasteiger partial charge in [-0.3, -0.25) is 5.32 Å². The van der Waals surface area contributed by atoms with Gasteiger partial charge in [0.1, 0.15) is 5.75 Å². The Kier molecular flexibility index (Phi) is 5.52. The molecule has 1 unspecified atom stereocenters. The van der Waals surface area contributed by atoms with Gasteiger partial charge in [0.15, 0.2) is 5.75 Å². The van der Waals surface area contributed by atoms with Crippen LogP contribution in [0.5, 0.6) is 11.5 Å². The Balaban J connectivity index is 2.41. The first-order valence-corrected chi connectivity index (χ1v) is 7.12. The largest absolute Gasteiger partial charge is 0.482 e. The molecular weight excluding hydrogens is 393 g/mol. The molecule has 1 atom stereocenters. The standard InChI is InChI=1S/C16H10F9NO/c17-13(14(18,19)15(20,21)22)9-5-1-3-7-11(9)27-12-8-4-2-6-10(12)26-16(23,24)25/h1-8,13,26H. The number of ether oxygens (including phenoxy) is 1. The van der Waals surface area contributed by atoms with Crippen molar-refractivity contribution < 1.29 is 44.3 Å². The predicted molar refractivity (Wildman–Crippen MR) is 77.5 cm³/mol. The number of hydrogen-bond donors (Lipinski definition) is 1. The maximum absolute atomic E-state index is 14.0. The Morgan fingerprint density at radius 2 is 1.26 bits per heavy atom. The SMILES string of the molecule is FC(c1ccccc1Oc1ccccc1NC(F)(F)F)C(F)(F)C(F)(F)F. The smallest absolute Gasteiger partial charge is 0.455 e. The second kappa shape index (κ2) is 7.20. The molecule has 1 N–H and O–H groups in total. The average Bonchev–Trinajstić information content (AvgIpc) is 2.54. The lowest BCUT2D eigenvalue weighted by Gasteiger charge is -2.25. The molecule has 0 bridgehead atoms. The number of nitrogens with one attached hydrogen (secondary N) is 1. The van der Waals surface area contributed by atoms with E-state index >= 15 is 0 Å². The van der Waals surface area contributed by atoms with Gasteiger partial charge < -0.3 is 4.74 Å². The molecule has 0 radical (unpaired) electrons. The molecule has 0 aliphatic heterocycles. The number of para-hydroxylation sites is 3. The minimum atomic E-state index is -6.17. The zero-order valence-electron chi connectivity index (χ0n) is 13.0. The van der Waals surface area contributed by atoms with E-state index in [1.54, 1.807) is 0 Å². The fourth-order valence-corrected chi connectivity index (χ4v) is 2.05. The van der Waals surface area contributed by atoms with Crippen molar-refractivity contribution in [2.24, 2.45) is 0 Å². The van der Waals surface area contributed by atoms with Gasteiger partial charge in [0, 0.05) is 5.56 Å². The molecule has 2 rings (SSSR count). The minimum Gasteiger partial charge on any atom is -0.455 e. The van der Waals surface area contributed by atoms with Crippen molar-refractivity contribution in [3.05, 3.63) is 54.1 Å². The fourth-order valence-electron chi connectivity index (χ4n) is 2.05. The Morgan fingerprint density at radius 1 is 0.741 bits per heavy atom. The van der Waals surface area contributed by atoms with Crippen LogP contribution in [0.25, 0.3) is 0 Å². The van der Waals surface area contributed by atoms with E-state index in [-0.39, 0.29) is 0 Å². The van der Waals surface area contributed by atoms with Crippen LogP contribution < -0.4 is 10.1 Å². The second-order valence-electron chi connectivity index (χ2n) is 5.24. The Labute approximate surface area is 146 Å². The summed E-state index contributed by atoms with van der Waals surface area (Å²) in [4.78, 5) is 0. The maximum Gasteiger partial charge on any atom is 0.482 e. The van der Waals surface area contributed by atoms with Crippen molar-refractivity contribution in [1.82, 2.24) is 0 Å². The normalized spacial score (nSPS) is 14.0. The van der Waals surface area contributed by atoms with Crippen LogP contribution in [-0.4, -0.2) is 18.4 Å². The molecule has 0 heterocycles. The Hall–Kier alpha value is -2.59. The van der Waals surface area contributed by atoms with Crippen molar-refractivity contribution in [3.8, 4) is 11.5 Å². The van der Waals surface area contributed by atoms with Gasteiger partial charge >= 0.3 is 18.4 Å². The van der Waals surface area contributed by atoms with Crippen LogP contribution in [0, 0.1) is 0 Å². The highest BCUT2D eigenvalue weighted by atomic mass is 19.4. The molecular formula is C16H10F9NO. The lowest BCUT2D eigenvalue weighted by Crippen LogP contribution is -2.40. The molecule has 0 spiro atoms. The molecule has 0 aliphatic rings. The first kappa shape index (κ1) is 20.7. The number of anilines is 1. The molecule has 0 saturated heterocycles. The van der Waals surface area contributed by atoms with E-state index in [1.807, 2.05) is 0 Å². The van der Waals surface area contributed by atoms with Crippen LogP contribution in [0.1, 0.15) is 11.7 Å². The molecule has 0 fully saturated rings. The summed E-state index contributed by atoms with van der Waals surface area (Å²) >= 11 is 0. The molecule has 148 valence electrons. The van der Waals surface area contributed by atoms with E-state index in [0.717, 1.165) is 35.6 Å². The monoisotopic (exact) mass is 403 g/mol. The maximum atomic E-state index is 14.0. The number of halogens is 9. The number of alkyl halides is 9. The van der Waals surface area contributed by atoms with Crippen LogP contribution in [0.2, 0.25) is 0 Å². The molecule has 0 amide bonds. The molecule has 27 heavy (non-hydrogen) atoms. The lowest BCUT2D eigenvalue weighted by atomic mass is 10.0. The summed E-state index contributed by atoms with van der Waals surface area (Å²) in [6.45, 7) is 0. The van der Waals surface area contributed by atoms with Crippen molar-refractivity contribution in [2.45, 2.75) is 24.6 Å². The topological polar surface area (TPSA) is 21.3 Å². The van der Waals surface area contributed by atoms with Gasteiger partial charge in [-0.05, 0) is 18.2 Å². The van der Waals surface area contributed by atoms with Crippen LogP contribution in [0.4, 0.5) is 45.2 Å². The van der Waals surface area contributed by atoms with Crippen LogP contribution in [-0.2, 0) is 0 Å². The van der Waals surface area contributed by atoms with E-state index in [2.05, 4.69) is 0 Å². The molecule has 2 aromatic carbocycles. The van der Waals surface area contributed by atoms with Crippen molar-refractivity contribution >= 4 is 5.69 Å². The number of hydrogen-bond acceptors (Lipinski definition) is 2. The van der Waals surface area contributed by atoms with E-state index in [1.165, 1.54) is 12.1 Å². The summed E-state index contributed by atoms with van der Waals surface area (Å²) in [5.74, 6) is -7.06. The first-order valence-electron chi connectivity index (χ1n) is 7.12. The third-order valence-corrected chi connectivity index (χ3v) is 3.27. The van der Waals surface area contributed by atoms with E-state index in [0.29, 0.717) is 6.07 Å². The zero-order valence-corrected chi connectivity index (χ0v) is 13.0. The van der Waals surface area contributed by atoms with E-state index in [4.69, 9.17) is 4.74 Å². The summed E-state index contributed by atoms with van der Waals surface area (Å²) in [5, 5.41) is 1.13. The molecule has 0 saturated carbocycles. The van der Waals surface area contributed by atoms with E-state index in [9.17, 15) is 39.5 Å². The van der Waals surface area contributed by atoms with Crippen molar-refractivity contribution in [3.63, 3.8) is 0 Å². The van der Waals surface area contributed by atoms with Crippen LogP contribution in [0.15, 0.2) is 48.5 Å². The Morgan fingerprint density at radius 3 is 1.81 bits per heavy atom. The Bertz CT molecular complexity index is 786. The zero-order chi connectivity index (χ0) is 20.5. The summed E-state index contributed by atoms with van der Waals surface area (Å²) in [6, 6.07) is 7.97. The number of benzene rings is 2. The van der Waals surface area contributed by atoms with Gasteiger partial charge in [-0.1, -0.05) is 30.3 Å². The molecule has 2 aromatic rings. The molecule has 11 heteroatoms. The van der Waals surface area contributed by atoms with Crippen LogP contribution >= 0.6 is 0 Å². The van der Waals surface area contributed by atoms with E-state index < -0.39 is 47.3 Å². The summed E-state index contributed by atoms with van der Waals surface area (Å²) in [6.07, 6.45) is -14.9. The number of rotatable bonds is 5. The van der Waals surface area contributed by atoms with Gasteiger partial charge in [0.05, 0.1) is 5.69 Å². The first-order chi connectivity index (χ1) is 12.3. The highest BCUT2D eigenvalue weighted by Crippen LogP contribution is 2.49.